The number of benzene rings is 1. The smallest absolute Gasteiger partial charge is 0.271 e. The fraction of sp³-hybridized carbons (Fsp3) is 0.538. The van der Waals surface area contributed by atoms with E-state index < -0.39 is 12.1 Å². The van der Waals surface area contributed by atoms with Crippen LogP contribution in [0.2, 0.25) is 0 Å². The van der Waals surface area contributed by atoms with Crippen LogP contribution < -0.4 is 5.32 Å². The van der Waals surface area contributed by atoms with Gasteiger partial charge in [0.2, 0.25) is 5.91 Å². The zero-order valence-electron chi connectivity index (χ0n) is 18.8. The van der Waals surface area contributed by atoms with Crippen molar-refractivity contribution in [1.29, 1.82) is 0 Å². The van der Waals surface area contributed by atoms with Crippen LogP contribution in [0.25, 0.3) is 10.9 Å². The minimum absolute atomic E-state index is 0.113. The van der Waals surface area contributed by atoms with Crippen LogP contribution in [0.5, 0.6) is 0 Å². The summed E-state index contributed by atoms with van der Waals surface area (Å²) in [5, 5.41) is 3.85. The van der Waals surface area contributed by atoms with Crippen molar-refractivity contribution in [1.82, 2.24) is 15.2 Å². The van der Waals surface area contributed by atoms with Gasteiger partial charge in [0.25, 0.3) is 5.91 Å². The van der Waals surface area contributed by atoms with E-state index in [-0.39, 0.29) is 29.4 Å². The maximum absolute atomic E-state index is 13.5. The Bertz CT molecular complexity index is 1040. The highest BCUT2D eigenvalue weighted by molar-refractivity contribution is 6.01. The van der Waals surface area contributed by atoms with Gasteiger partial charge in [0, 0.05) is 29.8 Å². The molecule has 1 saturated heterocycles. The first-order valence-corrected chi connectivity index (χ1v) is 12.2. The van der Waals surface area contributed by atoms with E-state index in [0.717, 1.165) is 55.7 Å². The summed E-state index contributed by atoms with van der Waals surface area (Å²) in [7, 11) is 0. The minimum atomic E-state index is -0.699. The summed E-state index contributed by atoms with van der Waals surface area (Å²) in [5.74, 6) is 0.00142. The van der Waals surface area contributed by atoms with Gasteiger partial charge in [0.05, 0.1) is 6.04 Å². The van der Waals surface area contributed by atoms with Gasteiger partial charge in [0.15, 0.2) is 0 Å². The summed E-state index contributed by atoms with van der Waals surface area (Å²) < 4.78 is 0. The van der Waals surface area contributed by atoms with Crippen molar-refractivity contribution in [2.45, 2.75) is 63.5 Å². The Morgan fingerprint density at radius 2 is 2.00 bits per heavy atom. The van der Waals surface area contributed by atoms with Crippen LogP contribution in [0.3, 0.4) is 0 Å². The average molecular weight is 450 g/mol. The average Bonchev–Trinajstić information content (AvgIpc) is 3.53. The number of nitrogens with zero attached hydrogens (tertiary/aromatic N) is 1. The number of hydrogen-bond acceptors (Lipinski definition) is 4. The number of nitrogens with one attached hydrogen (secondary N) is 2. The van der Waals surface area contributed by atoms with E-state index in [1.807, 2.05) is 30.3 Å². The molecular formula is C26H31N3O4. The number of amides is 2. The molecule has 7 heteroatoms. The Morgan fingerprint density at radius 3 is 2.79 bits per heavy atom. The first-order chi connectivity index (χ1) is 16.0. The number of Topliss-reactive ketones (excluding diaryl/α,β-unsaturated/α-hetero) is 1. The third-order valence-corrected chi connectivity index (χ3v) is 7.89. The van der Waals surface area contributed by atoms with Gasteiger partial charge in [-0.25, -0.2) is 0 Å². The molecule has 2 aromatic rings. The number of hydrogen-bond donors (Lipinski definition) is 2. The van der Waals surface area contributed by atoms with Crippen molar-refractivity contribution in [3.63, 3.8) is 0 Å². The molecule has 3 aliphatic rings. The van der Waals surface area contributed by atoms with E-state index in [2.05, 4.69) is 10.3 Å². The monoisotopic (exact) mass is 449 g/mol. The summed E-state index contributed by atoms with van der Waals surface area (Å²) in [5.41, 5.74) is 1.37. The zero-order chi connectivity index (χ0) is 22.9. The predicted molar refractivity (Wildman–Crippen MR) is 124 cm³/mol. The molecule has 0 bridgehead atoms. The van der Waals surface area contributed by atoms with E-state index in [1.165, 1.54) is 0 Å². The number of fused-ring (bicyclic) bond motifs is 2. The molecule has 5 unspecified atom stereocenters. The normalized spacial score (nSPS) is 28.0. The van der Waals surface area contributed by atoms with E-state index in [1.54, 1.807) is 4.90 Å². The van der Waals surface area contributed by atoms with Crippen LogP contribution in [0.4, 0.5) is 0 Å². The molecule has 0 spiro atoms. The summed E-state index contributed by atoms with van der Waals surface area (Å²) in [4.78, 5) is 55.8. The van der Waals surface area contributed by atoms with Crippen molar-refractivity contribution >= 4 is 34.8 Å². The van der Waals surface area contributed by atoms with Crippen molar-refractivity contribution in [3.05, 3.63) is 36.0 Å². The summed E-state index contributed by atoms with van der Waals surface area (Å²) in [6, 6.07) is 8.28. The number of carbonyl (C=O) groups is 4. The molecule has 5 atom stereocenters. The van der Waals surface area contributed by atoms with Gasteiger partial charge in [-0.1, -0.05) is 31.0 Å². The fourth-order valence-corrected chi connectivity index (χ4v) is 6.22. The highest BCUT2D eigenvalue weighted by Gasteiger charge is 2.50. The Morgan fingerprint density at radius 1 is 1.15 bits per heavy atom. The van der Waals surface area contributed by atoms with E-state index in [9.17, 15) is 19.2 Å². The second kappa shape index (κ2) is 9.12. The fourth-order valence-electron chi connectivity index (χ4n) is 6.22. The summed E-state index contributed by atoms with van der Waals surface area (Å²) in [6.45, 7) is 0.559. The third kappa shape index (κ3) is 4.21. The molecule has 2 heterocycles. The molecule has 2 N–H and O–H groups in total. The lowest BCUT2D eigenvalue weighted by molar-refractivity contribution is -0.130. The third-order valence-electron chi connectivity index (χ3n) is 7.89. The molecule has 3 fully saturated rings. The van der Waals surface area contributed by atoms with Crippen LogP contribution in [0.1, 0.15) is 61.9 Å². The van der Waals surface area contributed by atoms with Crippen molar-refractivity contribution < 1.29 is 19.2 Å². The molecule has 1 aromatic carbocycles. The zero-order valence-corrected chi connectivity index (χ0v) is 18.8. The SMILES string of the molecule is O=CC(CC1CCCCC1=O)NC(=O)C1C2CCCC2CN1C(=O)c1cc2ccccc2[nH]1. The molecule has 174 valence electrons. The lowest BCUT2D eigenvalue weighted by Crippen LogP contribution is -2.52. The first-order valence-electron chi connectivity index (χ1n) is 12.2. The summed E-state index contributed by atoms with van der Waals surface area (Å²) >= 11 is 0. The standard InChI is InChI=1S/C26H31N3O4/c30-15-19(12-17-7-2-4-11-23(17)31)27-25(32)24-20-9-5-8-18(20)14-29(24)26(33)22-13-16-6-1-3-10-21(16)28-22/h1,3,6,10,13,15,17-20,24,28H,2,4-5,7-9,11-12,14H2,(H,27,32). The second-order valence-corrected chi connectivity index (χ2v) is 9.92. The van der Waals surface area contributed by atoms with Gasteiger partial charge < -0.3 is 20.0 Å². The number of ketones is 1. The largest absolute Gasteiger partial charge is 0.351 e. The molecular weight excluding hydrogens is 418 g/mol. The quantitative estimate of drug-likeness (QED) is 0.662. The number of H-pyrrole nitrogens is 1. The number of likely N-dealkylation sites (tertiary alicyclic amines) is 1. The maximum atomic E-state index is 13.5. The van der Waals surface area contributed by atoms with Crippen LogP contribution in [0, 0.1) is 17.8 Å². The second-order valence-electron chi connectivity index (χ2n) is 9.92. The predicted octanol–water partition coefficient (Wildman–Crippen LogP) is 3.24. The number of para-hydroxylation sites is 1. The molecule has 33 heavy (non-hydrogen) atoms. The lowest BCUT2D eigenvalue weighted by atomic mass is 9.83. The highest BCUT2D eigenvalue weighted by atomic mass is 16.2. The van der Waals surface area contributed by atoms with Crippen LogP contribution in [-0.4, -0.2) is 52.4 Å². The molecule has 2 saturated carbocycles. The van der Waals surface area contributed by atoms with Crippen LogP contribution in [-0.2, 0) is 14.4 Å². The number of aromatic amines is 1. The van der Waals surface area contributed by atoms with Crippen molar-refractivity contribution in [2.24, 2.45) is 17.8 Å². The molecule has 1 aliphatic heterocycles. The molecule has 2 aliphatic carbocycles. The highest BCUT2D eigenvalue weighted by Crippen LogP contribution is 2.43. The molecule has 2 amide bonds. The van der Waals surface area contributed by atoms with Crippen molar-refractivity contribution in [3.8, 4) is 0 Å². The van der Waals surface area contributed by atoms with E-state index >= 15 is 0 Å². The molecule has 1 aromatic heterocycles. The van der Waals surface area contributed by atoms with Gasteiger partial charge in [-0.3, -0.25) is 14.4 Å². The molecule has 5 rings (SSSR count). The van der Waals surface area contributed by atoms with Gasteiger partial charge in [0.1, 0.15) is 23.8 Å². The van der Waals surface area contributed by atoms with Crippen molar-refractivity contribution in [2.75, 3.05) is 6.54 Å². The number of rotatable bonds is 6. The topological polar surface area (TPSA) is 99.3 Å². The lowest BCUT2D eigenvalue weighted by Gasteiger charge is -2.29. The Labute approximate surface area is 193 Å². The Balaban J connectivity index is 1.34. The molecule has 0 radical (unpaired) electrons. The first kappa shape index (κ1) is 21.9. The minimum Gasteiger partial charge on any atom is -0.351 e. The number of aromatic nitrogens is 1. The van der Waals surface area contributed by atoms with Gasteiger partial charge in [-0.05, 0) is 56.1 Å². The number of aldehydes is 1. The van der Waals surface area contributed by atoms with Crippen LogP contribution >= 0.6 is 0 Å². The summed E-state index contributed by atoms with van der Waals surface area (Å²) in [6.07, 6.45) is 7.29. The number of carbonyl (C=O) groups excluding carboxylic acids is 4. The van der Waals surface area contributed by atoms with Gasteiger partial charge >= 0.3 is 0 Å². The Kier molecular flexibility index (Phi) is 6.04. The molecule has 7 nitrogen and oxygen atoms in total. The maximum Gasteiger partial charge on any atom is 0.271 e. The van der Waals surface area contributed by atoms with E-state index in [4.69, 9.17) is 0 Å². The Hall–Kier alpha value is -2.96. The van der Waals surface area contributed by atoms with Gasteiger partial charge in [-0.2, -0.15) is 0 Å². The van der Waals surface area contributed by atoms with Gasteiger partial charge in [-0.15, -0.1) is 0 Å². The van der Waals surface area contributed by atoms with Crippen LogP contribution in [0.15, 0.2) is 30.3 Å². The van der Waals surface area contributed by atoms with E-state index in [0.29, 0.717) is 31.0 Å².